The molecular weight excluding hydrogens is 401 g/mol. The summed E-state index contributed by atoms with van der Waals surface area (Å²) in [6.07, 6.45) is 9.07. The van der Waals surface area contributed by atoms with Gasteiger partial charge in [0, 0.05) is 11.5 Å². The number of rotatable bonds is 10. The fraction of sp³-hybridized carbons (Fsp3) is 0.538. The van der Waals surface area contributed by atoms with E-state index in [9.17, 15) is 13.2 Å². The van der Waals surface area contributed by atoms with E-state index in [1.165, 1.54) is 43.9 Å². The molecule has 0 amide bonds. The second-order valence-electron chi connectivity index (χ2n) is 8.34. The molecule has 31 heavy (non-hydrogen) atoms. The van der Waals surface area contributed by atoms with Crippen LogP contribution in [0.25, 0.3) is 11.1 Å². The van der Waals surface area contributed by atoms with Gasteiger partial charge in [-0.05, 0) is 49.4 Å². The van der Waals surface area contributed by atoms with Crippen molar-refractivity contribution in [2.45, 2.75) is 77.2 Å². The first kappa shape index (κ1) is 23.6. The maximum Gasteiger partial charge on any atom is 0.166 e. The van der Waals surface area contributed by atoms with Gasteiger partial charge in [0.25, 0.3) is 0 Å². The summed E-state index contributed by atoms with van der Waals surface area (Å²) in [7, 11) is 0. The lowest BCUT2D eigenvalue weighted by molar-refractivity contribution is -0.00283. The molecule has 0 aromatic heterocycles. The maximum atomic E-state index is 14.9. The van der Waals surface area contributed by atoms with Crippen LogP contribution in [0.1, 0.15) is 76.7 Å². The zero-order valence-corrected chi connectivity index (χ0v) is 18.6. The van der Waals surface area contributed by atoms with Gasteiger partial charge in [0.1, 0.15) is 0 Å². The van der Waals surface area contributed by atoms with Gasteiger partial charge in [-0.3, -0.25) is 0 Å². The molecule has 1 aliphatic heterocycles. The molecule has 2 aromatic rings. The van der Waals surface area contributed by atoms with Gasteiger partial charge in [-0.1, -0.05) is 57.2 Å². The second kappa shape index (κ2) is 11.6. The Morgan fingerprint density at radius 1 is 0.935 bits per heavy atom. The first-order valence-electron chi connectivity index (χ1n) is 11.6. The van der Waals surface area contributed by atoms with Gasteiger partial charge in [-0.2, -0.15) is 0 Å². The average molecular weight is 435 g/mol. The third-order valence-corrected chi connectivity index (χ3v) is 6.09. The van der Waals surface area contributed by atoms with Crippen molar-refractivity contribution < 1.29 is 22.6 Å². The van der Waals surface area contributed by atoms with Crippen LogP contribution < -0.4 is 4.74 Å². The molecule has 2 atom stereocenters. The second-order valence-corrected chi connectivity index (χ2v) is 8.34. The Kier molecular flexibility index (Phi) is 8.82. The lowest BCUT2D eigenvalue weighted by atomic mass is 9.88. The summed E-state index contributed by atoms with van der Waals surface area (Å²) in [4.78, 5) is 0. The topological polar surface area (TPSA) is 18.5 Å². The summed E-state index contributed by atoms with van der Waals surface area (Å²) in [6, 6.07) is 7.30. The molecule has 2 nitrogen and oxygen atoms in total. The summed E-state index contributed by atoms with van der Waals surface area (Å²) in [5, 5.41) is 0. The number of ether oxygens (including phenoxy) is 2. The van der Waals surface area contributed by atoms with Crippen molar-refractivity contribution in [3.05, 3.63) is 53.3 Å². The Morgan fingerprint density at radius 3 is 2.42 bits per heavy atom. The molecule has 170 valence electrons. The van der Waals surface area contributed by atoms with Crippen LogP contribution in [0.4, 0.5) is 13.2 Å². The minimum absolute atomic E-state index is 0.0462. The van der Waals surface area contributed by atoms with Gasteiger partial charge in [0.2, 0.25) is 0 Å². The smallest absolute Gasteiger partial charge is 0.166 e. The van der Waals surface area contributed by atoms with Crippen LogP contribution in [0.5, 0.6) is 5.75 Å². The molecular formula is C26H33F3O2. The highest BCUT2D eigenvalue weighted by molar-refractivity contribution is 5.66. The number of benzene rings is 2. The van der Waals surface area contributed by atoms with Crippen LogP contribution in [-0.2, 0) is 4.74 Å². The lowest BCUT2D eigenvalue weighted by Gasteiger charge is -2.30. The van der Waals surface area contributed by atoms with Crippen molar-refractivity contribution in [2.75, 3.05) is 13.2 Å². The van der Waals surface area contributed by atoms with Gasteiger partial charge in [0.05, 0.1) is 19.3 Å². The highest BCUT2D eigenvalue weighted by Crippen LogP contribution is 2.35. The van der Waals surface area contributed by atoms with Crippen molar-refractivity contribution in [1.29, 1.82) is 0 Å². The van der Waals surface area contributed by atoms with Gasteiger partial charge in [0.15, 0.2) is 23.2 Å². The van der Waals surface area contributed by atoms with Crippen LogP contribution in [-0.4, -0.2) is 19.3 Å². The zero-order valence-electron chi connectivity index (χ0n) is 18.6. The number of halogens is 3. The van der Waals surface area contributed by atoms with Crippen LogP contribution in [0, 0.1) is 17.5 Å². The Hall–Kier alpha value is -2.01. The van der Waals surface area contributed by atoms with Crippen molar-refractivity contribution in [1.82, 2.24) is 0 Å². The SMILES string of the molecule is CCCCCCCC1CCC(c2ccc(-c3ccc(OCC)c(F)c3)c(F)c2F)CO1. The number of hydrogen-bond acceptors (Lipinski definition) is 2. The van der Waals surface area contributed by atoms with Crippen LogP contribution in [0.3, 0.4) is 0 Å². The van der Waals surface area contributed by atoms with E-state index >= 15 is 0 Å². The van der Waals surface area contributed by atoms with Crippen LogP contribution in [0.15, 0.2) is 30.3 Å². The highest BCUT2D eigenvalue weighted by atomic mass is 19.2. The monoisotopic (exact) mass is 434 g/mol. The van der Waals surface area contributed by atoms with Crippen molar-refractivity contribution in [2.24, 2.45) is 0 Å². The van der Waals surface area contributed by atoms with E-state index in [0.29, 0.717) is 18.8 Å². The zero-order chi connectivity index (χ0) is 22.2. The van der Waals surface area contributed by atoms with E-state index in [4.69, 9.17) is 9.47 Å². The Labute approximate surface area is 183 Å². The molecule has 0 aliphatic carbocycles. The molecule has 1 heterocycles. The van der Waals surface area contributed by atoms with Crippen LogP contribution in [0.2, 0.25) is 0 Å². The molecule has 0 saturated carbocycles. The summed E-state index contributed by atoms with van der Waals surface area (Å²) in [5.41, 5.74) is 0.672. The normalized spacial score (nSPS) is 18.9. The first-order chi connectivity index (χ1) is 15.0. The lowest BCUT2D eigenvalue weighted by Crippen LogP contribution is -2.25. The molecule has 3 rings (SSSR count). The first-order valence-corrected chi connectivity index (χ1v) is 11.6. The third kappa shape index (κ3) is 6.03. The molecule has 0 N–H and O–H groups in total. The Bertz CT molecular complexity index is 845. The van der Waals surface area contributed by atoms with E-state index in [-0.39, 0.29) is 28.9 Å². The maximum absolute atomic E-state index is 14.9. The summed E-state index contributed by atoms with van der Waals surface area (Å²) in [5.74, 6) is -2.46. The van der Waals surface area contributed by atoms with Gasteiger partial charge < -0.3 is 9.47 Å². The minimum Gasteiger partial charge on any atom is -0.491 e. The fourth-order valence-electron chi connectivity index (χ4n) is 4.30. The summed E-state index contributed by atoms with van der Waals surface area (Å²) >= 11 is 0. The molecule has 0 bridgehead atoms. The molecule has 1 aliphatic rings. The molecule has 1 saturated heterocycles. The minimum atomic E-state index is -0.945. The van der Waals surface area contributed by atoms with E-state index in [1.54, 1.807) is 19.1 Å². The van der Waals surface area contributed by atoms with E-state index < -0.39 is 17.5 Å². The van der Waals surface area contributed by atoms with E-state index in [2.05, 4.69) is 6.92 Å². The highest BCUT2D eigenvalue weighted by Gasteiger charge is 2.27. The molecule has 0 spiro atoms. The Balaban J connectivity index is 1.63. The van der Waals surface area contributed by atoms with Crippen LogP contribution >= 0.6 is 0 Å². The standard InChI is InChI=1S/C26H33F3O2/c1-3-5-6-7-8-9-20-12-10-19(17-31-20)22-14-13-21(25(28)26(22)29)18-11-15-24(30-4-2)23(27)16-18/h11,13-16,19-20H,3-10,12,17H2,1-2H3. The quantitative estimate of drug-likeness (QED) is 0.355. The number of hydrogen-bond donors (Lipinski definition) is 0. The van der Waals surface area contributed by atoms with Crippen molar-refractivity contribution in [3.63, 3.8) is 0 Å². The molecule has 2 aromatic carbocycles. The van der Waals surface area contributed by atoms with Crippen molar-refractivity contribution >= 4 is 0 Å². The Morgan fingerprint density at radius 2 is 1.74 bits per heavy atom. The molecule has 2 unspecified atom stereocenters. The van der Waals surface area contributed by atoms with Crippen molar-refractivity contribution in [3.8, 4) is 16.9 Å². The summed E-state index contributed by atoms with van der Waals surface area (Å²) < 4.78 is 55.0. The van der Waals surface area contributed by atoms with Gasteiger partial charge >= 0.3 is 0 Å². The molecule has 0 radical (unpaired) electrons. The predicted molar refractivity (Wildman–Crippen MR) is 118 cm³/mol. The third-order valence-electron chi connectivity index (χ3n) is 6.09. The summed E-state index contributed by atoms with van der Waals surface area (Å²) in [6.45, 7) is 4.70. The predicted octanol–water partition coefficient (Wildman–Crippen LogP) is 7.79. The fourth-order valence-corrected chi connectivity index (χ4v) is 4.30. The molecule has 5 heteroatoms. The average Bonchev–Trinajstić information content (AvgIpc) is 2.78. The van der Waals surface area contributed by atoms with Gasteiger partial charge in [-0.25, -0.2) is 13.2 Å². The molecule has 1 fully saturated rings. The number of unbranched alkanes of at least 4 members (excludes halogenated alkanes) is 4. The van der Waals surface area contributed by atoms with E-state index in [0.717, 1.165) is 25.7 Å². The van der Waals surface area contributed by atoms with Gasteiger partial charge in [-0.15, -0.1) is 0 Å². The largest absolute Gasteiger partial charge is 0.491 e. The van der Waals surface area contributed by atoms with E-state index in [1.807, 2.05) is 0 Å².